The number of nitrogens with two attached hydrogens (primary N) is 1. The molecular weight excluding hydrogens is 265 g/mol. The number of aromatic nitrogens is 3. The van der Waals surface area contributed by atoms with E-state index >= 15 is 0 Å². The summed E-state index contributed by atoms with van der Waals surface area (Å²) in [5.41, 5.74) is 5.23. The van der Waals surface area contributed by atoms with Gasteiger partial charge >= 0.3 is 6.18 Å². The molecule has 2 N–H and O–H groups in total. The Morgan fingerprint density at radius 3 is 2.47 bits per heavy atom. The number of ether oxygens (including phenoxy) is 1. The average molecular weight is 280 g/mol. The highest BCUT2D eigenvalue weighted by Gasteiger charge is 2.40. The zero-order chi connectivity index (χ0) is 14.8. The molecule has 1 aromatic heterocycles. The molecule has 2 atom stereocenters. The summed E-state index contributed by atoms with van der Waals surface area (Å²) in [4.78, 5) is 10.9. The highest BCUT2D eigenvalue weighted by atomic mass is 19.4. The van der Waals surface area contributed by atoms with Crippen LogP contribution in [0.5, 0.6) is 0 Å². The average Bonchev–Trinajstić information content (AvgIpc) is 2.68. The van der Waals surface area contributed by atoms with Crippen LogP contribution in [0.15, 0.2) is 0 Å². The van der Waals surface area contributed by atoms with Crippen molar-refractivity contribution in [2.45, 2.75) is 38.6 Å². The van der Waals surface area contributed by atoms with Gasteiger partial charge in [0.05, 0.1) is 23.9 Å². The molecule has 0 aliphatic carbocycles. The first-order valence-electron chi connectivity index (χ1n) is 5.50. The van der Waals surface area contributed by atoms with Gasteiger partial charge in [-0.3, -0.25) is 4.79 Å². The lowest BCUT2D eigenvalue weighted by molar-refractivity contribution is -0.166. The van der Waals surface area contributed by atoms with E-state index in [1.165, 1.54) is 7.11 Å². The van der Waals surface area contributed by atoms with Crippen molar-refractivity contribution in [3.05, 3.63) is 11.4 Å². The van der Waals surface area contributed by atoms with Crippen LogP contribution in [0.4, 0.5) is 13.2 Å². The van der Waals surface area contributed by atoms with Crippen LogP contribution in [-0.2, 0) is 16.0 Å². The fourth-order valence-corrected chi connectivity index (χ4v) is 1.58. The minimum atomic E-state index is -4.47. The summed E-state index contributed by atoms with van der Waals surface area (Å²) < 4.78 is 43.9. The Hall–Kier alpha value is -1.64. The minimum absolute atomic E-state index is 0.0953. The van der Waals surface area contributed by atoms with Crippen LogP contribution in [0.2, 0.25) is 0 Å². The SMILES string of the molecule is COC(C)c1c(CC(N)=O)nnn1C(C)C(F)(F)F. The number of methoxy groups -OCH3 is 1. The molecule has 19 heavy (non-hydrogen) atoms. The summed E-state index contributed by atoms with van der Waals surface area (Å²) in [6, 6.07) is -1.87. The van der Waals surface area contributed by atoms with E-state index in [2.05, 4.69) is 10.3 Å². The van der Waals surface area contributed by atoms with Crippen LogP contribution >= 0.6 is 0 Å². The molecule has 0 fully saturated rings. The lowest BCUT2D eigenvalue weighted by Gasteiger charge is -2.20. The van der Waals surface area contributed by atoms with Crippen LogP contribution in [0.1, 0.15) is 37.4 Å². The zero-order valence-corrected chi connectivity index (χ0v) is 10.7. The molecule has 0 bridgehead atoms. The van der Waals surface area contributed by atoms with Gasteiger partial charge in [0.1, 0.15) is 6.04 Å². The van der Waals surface area contributed by atoms with Gasteiger partial charge in [-0.2, -0.15) is 13.2 Å². The quantitative estimate of drug-likeness (QED) is 0.876. The lowest BCUT2D eigenvalue weighted by Crippen LogP contribution is -2.27. The Morgan fingerprint density at radius 2 is 2.05 bits per heavy atom. The molecule has 1 heterocycles. The monoisotopic (exact) mass is 280 g/mol. The number of carbonyl (C=O) groups excluding carboxylic acids is 1. The van der Waals surface area contributed by atoms with Crippen LogP contribution in [-0.4, -0.2) is 34.2 Å². The van der Waals surface area contributed by atoms with E-state index in [9.17, 15) is 18.0 Å². The van der Waals surface area contributed by atoms with Gasteiger partial charge in [-0.1, -0.05) is 5.21 Å². The molecule has 0 saturated carbocycles. The van der Waals surface area contributed by atoms with Crippen molar-refractivity contribution in [1.82, 2.24) is 15.0 Å². The van der Waals surface area contributed by atoms with Crippen molar-refractivity contribution in [2.75, 3.05) is 7.11 Å². The van der Waals surface area contributed by atoms with Crippen molar-refractivity contribution < 1.29 is 22.7 Å². The van der Waals surface area contributed by atoms with Gasteiger partial charge in [0.25, 0.3) is 0 Å². The van der Waals surface area contributed by atoms with Crippen molar-refractivity contribution in [3.8, 4) is 0 Å². The van der Waals surface area contributed by atoms with Gasteiger partial charge in [0.15, 0.2) is 0 Å². The second-order valence-corrected chi connectivity index (χ2v) is 4.10. The predicted octanol–water partition coefficient (Wildman–Crippen LogP) is 1.14. The Balaban J connectivity index is 3.25. The van der Waals surface area contributed by atoms with E-state index in [1.54, 1.807) is 6.92 Å². The fourth-order valence-electron chi connectivity index (χ4n) is 1.58. The fraction of sp³-hybridized carbons (Fsp3) is 0.700. The molecule has 0 saturated heterocycles. The largest absolute Gasteiger partial charge is 0.410 e. The van der Waals surface area contributed by atoms with Gasteiger partial charge in [0, 0.05) is 7.11 Å². The highest BCUT2D eigenvalue weighted by molar-refractivity contribution is 5.76. The summed E-state index contributed by atoms with van der Waals surface area (Å²) in [7, 11) is 1.34. The van der Waals surface area contributed by atoms with Gasteiger partial charge < -0.3 is 10.5 Å². The topological polar surface area (TPSA) is 83.0 Å². The number of carbonyl (C=O) groups is 1. The molecule has 0 aromatic carbocycles. The molecular formula is C10H15F3N4O2. The van der Waals surface area contributed by atoms with E-state index in [1.807, 2.05) is 0 Å². The van der Waals surface area contributed by atoms with Crippen LogP contribution in [0.25, 0.3) is 0 Å². The molecule has 0 aliphatic heterocycles. The summed E-state index contributed by atoms with van der Waals surface area (Å²) in [6.45, 7) is 2.50. The summed E-state index contributed by atoms with van der Waals surface area (Å²) >= 11 is 0. The molecule has 0 radical (unpaired) electrons. The Labute approximate surface area is 107 Å². The first kappa shape index (κ1) is 15.4. The van der Waals surface area contributed by atoms with E-state index in [0.29, 0.717) is 4.68 Å². The molecule has 1 rings (SSSR count). The van der Waals surface area contributed by atoms with Crippen LogP contribution in [0, 0.1) is 0 Å². The molecule has 9 heteroatoms. The number of rotatable bonds is 5. The smallest absolute Gasteiger partial charge is 0.375 e. The van der Waals surface area contributed by atoms with Crippen molar-refractivity contribution in [3.63, 3.8) is 0 Å². The lowest BCUT2D eigenvalue weighted by atomic mass is 10.1. The van der Waals surface area contributed by atoms with E-state index in [-0.39, 0.29) is 17.8 Å². The van der Waals surface area contributed by atoms with Gasteiger partial charge in [-0.05, 0) is 13.8 Å². The maximum Gasteiger partial charge on any atom is 0.410 e. The Bertz CT molecular complexity index is 458. The number of nitrogens with zero attached hydrogens (tertiary/aromatic N) is 3. The first-order chi connectivity index (χ1) is 8.68. The number of hydrogen-bond acceptors (Lipinski definition) is 4. The van der Waals surface area contributed by atoms with Gasteiger partial charge in [-0.15, -0.1) is 5.10 Å². The van der Waals surface area contributed by atoms with E-state index in [0.717, 1.165) is 6.92 Å². The van der Waals surface area contributed by atoms with E-state index < -0.39 is 24.2 Å². The van der Waals surface area contributed by atoms with Gasteiger partial charge in [-0.25, -0.2) is 4.68 Å². The molecule has 0 spiro atoms. The van der Waals surface area contributed by atoms with Crippen molar-refractivity contribution in [1.29, 1.82) is 0 Å². The number of amides is 1. The number of halogens is 3. The third-order valence-corrected chi connectivity index (χ3v) is 2.73. The maximum atomic E-state index is 12.7. The first-order valence-corrected chi connectivity index (χ1v) is 5.50. The molecule has 6 nitrogen and oxygen atoms in total. The van der Waals surface area contributed by atoms with Gasteiger partial charge in [0.2, 0.25) is 5.91 Å². The van der Waals surface area contributed by atoms with Crippen molar-refractivity contribution in [2.24, 2.45) is 5.73 Å². The molecule has 0 aliphatic rings. The summed E-state index contributed by atoms with van der Waals surface area (Å²) in [5.74, 6) is -0.698. The second kappa shape index (κ2) is 5.55. The standard InChI is InChI=1S/C10H15F3N4O2/c1-5(19-3)9-7(4-8(14)18)15-16-17(9)6(2)10(11,12)13/h5-6H,4H2,1-3H3,(H2,14,18). The normalized spacial score (nSPS) is 15.3. The molecule has 108 valence electrons. The minimum Gasteiger partial charge on any atom is -0.375 e. The van der Waals surface area contributed by atoms with Crippen molar-refractivity contribution >= 4 is 5.91 Å². The van der Waals surface area contributed by atoms with Crippen LogP contribution < -0.4 is 5.73 Å². The Morgan fingerprint density at radius 1 is 1.47 bits per heavy atom. The Kier molecular flexibility index (Phi) is 4.51. The molecule has 1 amide bonds. The molecule has 1 aromatic rings. The third-order valence-electron chi connectivity index (χ3n) is 2.73. The second-order valence-electron chi connectivity index (χ2n) is 4.10. The summed E-state index contributed by atoms with van der Waals surface area (Å²) in [6.07, 6.45) is -5.44. The highest BCUT2D eigenvalue weighted by Crippen LogP contribution is 2.32. The number of hydrogen-bond donors (Lipinski definition) is 1. The molecule has 2 unspecified atom stereocenters. The zero-order valence-electron chi connectivity index (χ0n) is 10.7. The maximum absolute atomic E-state index is 12.7. The number of alkyl halides is 3. The third kappa shape index (κ3) is 3.43. The number of primary amides is 1. The van der Waals surface area contributed by atoms with E-state index in [4.69, 9.17) is 10.5 Å². The predicted molar refractivity (Wildman–Crippen MR) is 59.1 cm³/mol. The summed E-state index contributed by atoms with van der Waals surface area (Å²) in [5, 5.41) is 7.06. The van der Waals surface area contributed by atoms with Crippen LogP contribution in [0.3, 0.4) is 0 Å².